The predicted molar refractivity (Wildman–Crippen MR) is 141 cm³/mol. The molecule has 0 aromatic heterocycles. The number of nitrogens with one attached hydrogen (secondary N) is 1. The van der Waals surface area contributed by atoms with Gasteiger partial charge in [-0.3, -0.25) is 9.59 Å². The molecule has 1 heterocycles. The number of carbonyl (C=O) groups excluding carboxylic acids is 2. The number of ketones is 2. The molecule has 1 aliphatic heterocycles. The van der Waals surface area contributed by atoms with Crippen LogP contribution in [0.25, 0.3) is 0 Å². The van der Waals surface area contributed by atoms with E-state index in [1.807, 2.05) is 48.5 Å². The number of carbonyl (C=O) groups is 2. The highest BCUT2D eigenvalue weighted by molar-refractivity contribution is 9.10. The molecule has 2 aromatic rings. The van der Waals surface area contributed by atoms with Crippen LogP contribution in [0, 0.1) is 10.8 Å². The van der Waals surface area contributed by atoms with Crippen LogP contribution in [0.5, 0.6) is 5.75 Å². The zero-order valence-electron chi connectivity index (χ0n) is 20.8. The number of rotatable bonds is 4. The van der Waals surface area contributed by atoms with Crippen molar-refractivity contribution in [1.29, 1.82) is 0 Å². The maximum atomic E-state index is 13.4. The maximum Gasteiger partial charge on any atom is 0.162 e. The molecular weight excluding hydrogens is 502 g/mol. The lowest BCUT2D eigenvalue weighted by Crippen LogP contribution is -2.42. The van der Waals surface area contributed by atoms with Crippen molar-refractivity contribution < 1.29 is 14.3 Å². The SMILES string of the molecule is CC1(C)CC(=O)C2=C(C1)NC1=C(C(=O)CC(C)(C)C1)C2c1ccc(OCc2ccccc2Br)cc1. The molecule has 3 aliphatic rings. The van der Waals surface area contributed by atoms with Crippen LogP contribution in [0.3, 0.4) is 0 Å². The Morgan fingerprint density at radius 2 is 1.37 bits per heavy atom. The molecule has 5 rings (SSSR count). The van der Waals surface area contributed by atoms with E-state index in [1.54, 1.807) is 0 Å². The van der Waals surface area contributed by atoms with E-state index in [9.17, 15) is 9.59 Å². The maximum absolute atomic E-state index is 13.4. The molecule has 2 aliphatic carbocycles. The minimum atomic E-state index is -0.314. The Balaban J connectivity index is 1.50. The summed E-state index contributed by atoms with van der Waals surface area (Å²) in [6.07, 6.45) is 2.62. The summed E-state index contributed by atoms with van der Waals surface area (Å²) >= 11 is 3.57. The summed E-state index contributed by atoms with van der Waals surface area (Å²) in [6.45, 7) is 9.02. The number of Topliss-reactive ketones (excluding diaryl/α,β-unsaturated/α-hetero) is 2. The first-order valence-electron chi connectivity index (χ1n) is 12.3. The van der Waals surface area contributed by atoms with Gasteiger partial charge in [0.1, 0.15) is 12.4 Å². The van der Waals surface area contributed by atoms with Gasteiger partial charge in [0.15, 0.2) is 11.6 Å². The summed E-state index contributed by atoms with van der Waals surface area (Å²) in [7, 11) is 0. The second-order valence-electron chi connectivity index (χ2n) is 11.7. The monoisotopic (exact) mass is 533 g/mol. The molecule has 2 aromatic carbocycles. The number of halogens is 1. The van der Waals surface area contributed by atoms with E-state index in [4.69, 9.17) is 4.74 Å². The summed E-state index contributed by atoms with van der Waals surface area (Å²) in [5, 5.41) is 3.57. The molecule has 0 bridgehead atoms. The lowest BCUT2D eigenvalue weighted by atomic mass is 9.64. The first kappa shape index (κ1) is 24.1. The summed E-state index contributed by atoms with van der Waals surface area (Å²) in [4.78, 5) is 26.9. The molecule has 0 spiro atoms. The third-order valence-corrected chi connectivity index (χ3v) is 8.06. The standard InChI is InChI=1S/C30H32BrNO3/c1-29(2)13-22-27(24(33)15-29)26(28-23(32-22)14-30(3,4)16-25(28)34)18-9-11-20(12-10-18)35-17-19-7-5-6-8-21(19)31/h5-12,26,32H,13-17H2,1-4H3. The van der Waals surface area contributed by atoms with Gasteiger partial charge in [-0.25, -0.2) is 0 Å². The number of allylic oxidation sites excluding steroid dienone is 4. The van der Waals surface area contributed by atoms with Crippen LogP contribution >= 0.6 is 15.9 Å². The largest absolute Gasteiger partial charge is 0.489 e. The molecule has 1 N–H and O–H groups in total. The van der Waals surface area contributed by atoms with Gasteiger partial charge in [0.25, 0.3) is 0 Å². The van der Waals surface area contributed by atoms with E-state index in [1.165, 1.54) is 0 Å². The van der Waals surface area contributed by atoms with Gasteiger partial charge in [-0.15, -0.1) is 0 Å². The first-order chi connectivity index (χ1) is 16.5. The van der Waals surface area contributed by atoms with Crippen LogP contribution in [0.4, 0.5) is 0 Å². The zero-order chi connectivity index (χ0) is 25.0. The molecule has 0 saturated carbocycles. The molecule has 35 heavy (non-hydrogen) atoms. The number of ether oxygens (including phenoxy) is 1. The Labute approximate surface area is 216 Å². The molecule has 0 atom stereocenters. The number of dihydropyridines is 1. The van der Waals surface area contributed by atoms with Crippen LogP contribution in [-0.4, -0.2) is 11.6 Å². The van der Waals surface area contributed by atoms with Crippen molar-refractivity contribution in [2.75, 3.05) is 0 Å². The molecule has 0 unspecified atom stereocenters. The fourth-order valence-corrected chi connectivity index (χ4v) is 6.15. The molecular formula is C30H32BrNO3. The molecule has 0 saturated heterocycles. The van der Waals surface area contributed by atoms with E-state index >= 15 is 0 Å². The summed E-state index contributed by atoms with van der Waals surface area (Å²) in [6, 6.07) is 15.9. The van der Waals surface area contributed by atoms with Crippen LogP contribution < -0.4 is 10.1 Å². The molecule has 0 amide bonds. The Morgan fingerprint density at radius 3 is 1.91 bits per heavy atom. The summed E-state index contributed by atoms with van der Waals surface area (Å²) in [5.74, 6) is 0.735. The second kappa shape index (κ2) is 8.77. The lowest BCUT2D eigenvalue weighted by Gasteiger charge is -2.44. The Hall–Kier alpha value is -2.66. The fourth-order valence-electron chi connectivity index (χ4n) is 5.76. The Kier molecular flexibility index (Phi) is 6.03. The van der Waals surface area contributed by atoms with E-state index in [-0.39, 0.29) is 28.3 Å². The Bertz CT molecular complexity index is 1210. The van der Waals surface area contributed by atoms with Gasteiger partial charge in [-0.1, -0.05) is 74.0 Å². The third kappa shape index (κ3) is 4.75. The van der Waals surface area contributed by atoms with E-state index < -0.39 is 0 Å². The van der Waals surface area contributed by atoms with Crippen LogP contribution in [0.1, 0.15) is 70.4 Å². The smallest absolute Gasteiger partial charge is 0.162 e. The fraction of sp³-hybridized carbons (Fsp3) is 0.400. The lowest BCUT2D eigenvalue weighted by molar-refractivity contribution is -0.119. The third-order valence-electron chi connectivity index (χ3n) is 7.28. The van der Waals surface area contributed by atoms with Gasteiger partial charge in [-0.2, -0.15) is 0 Å². The van der Waals surface area contributed by atoms with Crippen molar-refractivity contribution in [3.63, 3.8) is 0 Å². The highest BCUT2D eigenvalue weighted by atomic mass is 79.9. The first-order valence-corrected chi connectivity index (χ1v) is 13.1. The highest BCUT2D eigenvalue weighted by Crippen LogP contribution is 2.51. The highest BCUT2D eigenvalue weighted by Gasteiger charge is 2.46. The van der Waals surface area contributed by atoms with E-state index in [0.717, 1.165) is 56.7 Å². The van der Waals surface area contributed by atoms with Gasteiger partial charge in [0.2, 0.25) is 0 Å². The predicted octanol–water partition coefficient (Wildman–Crippen LogP) is 7.00. The van der Waals surface area contributed by atoms with Gasteiger partial charge < -0.3 is 10.1 Å². The minimum Gasteiger partial charge on any atom is -0.489 e. The van der Waals surface area contributed by atoms with Crippen LogP contribution in [0.15, 0.2) is 75.5 Å². The van der Waals surface area contributed by atoms with Crippen molar-refractivity contribution in [2.45, 2.75) is 65.9 Å². The number of benzene rings is 2. The molecule has 0 radical (unpaired) electrons. The summed E-state index contributed by atoms with van der Waals surface area (Å²) < 4.78 is 7.04. The van der Waals surface area contributed by atoms with Gasteiger partial charge >= 0.3 is 0 Å². The van der Waals surface area contributed by atoms with Crippen molar-refractivity contribution >= 4 is 27.5 Å². The molecule has 5 heteroatoms. The van der Waals surface area contributed by atoms with Crippen molar-refractivity contribution in [1.82, 2.24) is 5.32 Å². The van der Waals surface area contributed by atoms with Gasteiger partial charge in [0.05, 0.1) is 0 Å². The Morgan fingerprint density at radius 1 is 0.829 bits per heavy atom. The topological polar surface area (TPSA) is 55.4 Å². The molecule has 4 nitrogen and oxygen atoms in total. The van der Waals surface area contributed by atoms with Gasteiger partial charge in [-0.05, 0) is 47.4 Å². The van der Waals surface area contributed by atoms with E-state index in [0.29, 0.717) is 19.4 Å². The normalized spacial score (nSPS) is 21.4. The average Bonchev–Trinajstić information content (AvgIpc) is 2.76. The average molecular weight is 534 g/mol. The van der Waals surface area contributed by atoms with Crippen molar-refractivity contribution in [3.8, 4) is 5.75 Å². The number of hydrogen-bond acceptors (Lipinski definition) is 4. The van der Waals surface area contributed by atoms with Crippen LogP contribution in [0.2, 0.25) is 0 Å². The molecule has 0 fully saturated rings. The second-order valence-corrected chi connectivity index (χ2v) is 12.5. The van der Waals surface area contributed by atoms with Crippen molar-refractivity contribution in [2.24, 2.45) is 10.8 Å². The van der Waals surface area contributed by atoms with Crippen LogP contribution in [-0.2, 0) is 16.2 Å². The minimum absolute atomic E-state index is 0.0941. The molecule has 182 valence electrons. The quantitative estimate of drug-likeness (QED) is 0.459. The van der Waals surface area contributed by atoms with Gasteiger partial charge in [0, 0.05) is 51.3 Å². The summed E-state index contributed by atoms with van der Waals surface area (Å²) in [5.41, 5.74) is 5.40. The van der Waals surface area contributed by atoms with E-state index in [2.05, 4.69) is 48.9 Å². The number of hydrogen-bond donors (Lipinski definition) is 1. The zero-order valence-corrected chi connectivity index (χ0v) is 22.4. The van der Waals surface area contributed by atoms with Crippen molar-refractivity contribution in [3.05, 3.63) is 86.7 Å².